The Kier molecular flexibility index (Phi) is 0.539. The Morgan fingerprint density at radius 3 is 2.00 bits per heavy atom. The molecule has 1 heterocycles. The van der Waals surface area contributed by atoms with Gasteiger partial charge in [-0.1, -0.05) is 0 Å². The van der Waals surface area contributed by atoms with E-state index >= 15 is 0 Å². The minimum atomic E-state index is -0.0417. The van der Waals surface area contributed by atoms with E-state index in [0.717, 1.165) is 0 Å². The molecule has 6 heavy (non-hydrogen) atoms. The molecule has 1 heteroatoms. The van der Waals surface area contributed by atoms with Crippen molar-refractivity contribution in [3.8, 4) is 0 Å². The van der Waals surface area contributed by atoms with E-state index in [9.17, 15) is 0 Å². The van der Waals surface area contributed by atoms with E-state index in [1.54, 1.807) is 0 Å². The molecule has 0 spiro atoms. The molecule has 1 fully saturated rings. The first-order chi connectivity index (χ1) is 2.63. The van der Waals surface area contributed by atoms with Crippen LogP contribution in [0.2, 0.25) is 0 Å². The lowest BCUT2D eigenvalue weighted by Gasteiger charge is -1.84. The Bertz CT molecular complexity index is 66.3. The molecule has 2 unspecified atom stereocenters. The van der Waals surface area contributed by atoms with Crippen molar-refractivity contribution in [1.82, 2.24) is 0 Å². The van der Waals surface area contributed by atoms with Gasteiger partial charge in [0.15, 0.2) is 0 Å². The molecule has 0 aromatic heterocycles. The molecule has 0 bridgehead atoms. The lowest BCUT2D eigenvalue weighted by molar-refractivity contribution is 0.347. The van der Waals surface area contributed by atoms with Crippen LogP contribution in [0.25, 0.3) is 0 Å². The molecule has 0 N–H and O–H groups in total. The van der Waals surface area contributed by atoms with E-state index in [1.807, 2.05) is 13.8 Å². The molecule has 0 aliphatic carbocycles. The van der Waals surface area contributed by atoms with Gasteiger partial charge < -0.3 is 4.74 Å². The first-order valence-electron chi connectivity index (χ1n) is 2.16. The number of ether oxygens (including phenoxy) is 1. The monoisotopic (exact) mass is 85.1 g/mol. The fourth-order valence-electron chi connectivity index (χ4n) is 0.370. The predicted octanol–water partition coefficient (Wildman–Crippen LogP) is 0.998. The summed E-state index contributed by atoms with van der Waals surface area (Å²) in [6.07, 6.45) is 0.387. The second-order valence-corrected chi connectivity index (χ2v) is 2.07. The van der Waals surface area contributed by atoms with E-state index in [0.29, 0.717) is 6.10 Å². The summed E-state index contributed by atoms with van der Waals surface area (Å²) < 4.78 is 4.99. The molecule has 1 aliphatic rings. The van der Waals surface area contributed by atoms with Gasteiger partial charge in [-0.2, -0.15) is 0 Å². The van der Waals surface area contributed by atoms with Crippen molar-refractivity contribution in [2.24, 2.45) is 0 Å². The number of epoxide rings is 1. The number of hydrogen-bond donors (Lipinski definition) is 0. The van der Waals surface area contributed by atoms with Gasteiger partial charge in [0.2, 0.25) is 0 Å². The zero-order valence-corrected chi connectivity index (χ0v) is 4.19. The quantitative estimate of drug-likeness (QED) is 0.400. The minimum Gasteiger partial charge on any atom is -0.367 e. The van der Waals surface area contributed by atoms with Crippen LogP contribution in [0, 0.1) is 6.92 Å². The Hall–Kier alpha value is -0.0400. The van der Waals surface area contributed by atoms with Crippen LogP contribution in [-0.4, -0.2) is 11.7 Å². The Balaban J connectivity index is 2.41. The van der Waals surface area contributed by atoms with Crippen molar-refractivity contribution in [3.63, 3.8) is 0 Å². The van der Waals surface area contributed by atoms with E-state index in [2.05, 4.69) is 6.92 Å². The second-order valence-electron chi connectivity index (χ2n) is 2.07. The zero-order valence-electron chi connectivity index (χ0n) is 4.19. The molecule has 1 radical (unpaired) electrons. The molecule has 1 saturated heterocycles. The van der Waals surface area contributed by atoms with Gasteiger partial charge in [0.25, 0.3) is 0 Å². The minimum absolute atomic E-state index is 0.0417. The summed E-state index contributed by atoms with van der Waals surface area (Å²) in [5, 5.41) is 0. The number of rotatable bonds is 0. The maximum Gasteiger partial charge on any atom is 0.0918 e. The predicted molar refractivity (Wildman–Crippen MR) is 24.3 cm³/mol. The number of hydrogen-bond acceptors (Lipinski definition) is 1. The second kappa shape index (κ2) is 0.784. The van der Waals surface area contributed by atoms with Crippen LogP contribution in [0.5, 0.6) is 0 Å². The van der Waals surface area contributed by atoms with Gasteiger partial charge in [-0.25, -0.2) is 0 Å². The molecule has 1 aliphatic heterocycles. The van der Waals surface area contributed by atoms with Crippen LogP contribution < -0.4 is 0 Å². The lowest BCUT2D eigenvalue weighted by Crippen LogP contribution is -1.98. The molecule has 1 rings (SSSR count). The van der Waals surface area contributed by atoms with Gasteiger partial charge in [0.1, 0.15) is 0 Å². The van der Waals surface area contributed by atoms with Crippen molar-refractivity contribution < 1.29 is 4.74 Å². The third kappa shape index (κ3) is 0.432. The Morgan fingerprint density at radius 1 is 1.83 bits per heavy atom. The van der Waals surface area contributed by atoms with Gasteiger partial charge in [-0.15, -0.1) is 0 Å². The first-order valence-corrected chi connectivity index (χ1v) is 2.16. The van der Waals surface area contributed by atoms with Crippen molar-refractivity contribution in [3.05, 3.63) is 6.92 Å². The van der Waals surface area contributed by atoms with Crippen molar-refractivity contribution in [2.75, 3.05) is 0 Å². The van der Waals surface area contributed by atoms with Crippen LogP contribution in [0.1, 0.15) is 13.8 Å². The molecule has 2 atom stereocenters. The zero-order chi connectivity index (χ0) is 4.78. The van der Waals surface area contributed by atoms with Gasteiger partial charge >= 0.3 is 0 Å². The van der Waals surface area contributed by atoms with E-state index in [-0.39, 0.29) is 5.60 Å². The summed E-state index contributed by atoms with van der Waals surface area (Å²) in [4.78, 5) is 0. The average molecular weight is 85.1 g/mol. The summed E-state index contributed by atoms with van der Waals surface area (Å²) in [6.45, 7) is 7.75. The third-order valence-electron chi connectivity index (χ3n) is 1.25. The van der Waals surface area contributed by atoms with E-state index in [1.165, 1.54) is 0 Å². The summed E-state index contributed by atoms with van der Waals surface area (Å²) in [5.41, 5.74) is -0.0417. The normalized spacial score (nSPS) is 39.5. The SMILES string of the molecule is [CH2]C1(C)OC1C. The fourth-order valence-corrected chi connectivity index (χ4v) is 0.370. The van der Waals surface area contributed by atoms with Crippen LogP contribution in [-0.2, 0) is 4.74 Å². The first kappa shape index (κ1) is 4.13. The van der Waals surface area contributed by atoms with Gasteiger partial charge in [0.05, 0.1) is 11.7 Å². The van der Waals surface area contributed by atoms with Crippen LogP contribution in [0.4, 0.5) is 0 Å². The maximum atomic E-state index is 4.99. The van der Waals surface area contributed by atoms with E-state index in [4.69, 9.17) is 4.74 Å². The molecule has 0 saturated carbocycles. The highest BCUT2D eigenvalue weighted by atomic mass is 16.6. The molecule has 0 aromatic rings. The van der Waals surface area contributed by atoms with Gasteiger partial charge in [-0.3, -0.25) is 0 Å². The average Bonchev–Trinajstić information content (AvgIpc) is 1.73. The fraction of sp³-hybridized carbons (Fsp3) is 0.800. The largest absolute Gasteiger partial charge is 0.367 e. The highest BCUT2D eigenvalue weighted by molar-refractivity contribution is 4.97. The smallest absolute Gasteiger partial charge is 0.0918 e. The Labute approximate surface area is 38.3 Å². The lowest BCUT2D eigenvalue weighted by atomic mass is 10.2. The standard InChI is InChI=1S/C5H9O/c1-4-5(2,3)6-4/h4H,2H2,1,3H3. The highest BCUT2D eigenvalue weighted by Gasteiger charge is 2.43. The summed E-state index contributed by atoms with van der Waals surface area (Å²) in [7, 11) is 0. The van der Waals surface area contributed by atoms with Crippen LogP contribution in [0.3, 0.4) is 0 Å². The van der Waals surface area contributed by atoms with Gasteiger partial charge in [0, 0.05) is 0 Å². The third-order valence-corrected chi connectivity index (χ3v) is 1.25. The van der Waals surface area contributed by atoms with Crippen LogP contribution in [0.15, 0.2) is 0 Å². The maximum absolute atomic E-state index is 4.99. The van der Waals surface area contributed by atoms with Crippen molar-refractivity contribution in [2.45, 2.75) is 25.6 Å². The molecule has 0 amide bonds. The molecule has 0 aromatic carbocycles. The molecule has 1 nitrogen and oxygen atoms in total. The van der Waals surface area contributed by atoms with Crippen molar-refractivity contribution in [1.29, 1.82) is 0 Å². The molecular weight excluding hydrogens is 76.1 g/mol. The Morgan fingerprint density at radius 2 is 2.00 bits per heavy atom. The molecule has 35 valence electrons. The van der Waals surface area contributed by atoms with E-state index < -0.39 is 0 Å². The van der Waals surface area contributed by atoms with Crippen LogP contribution >= 0.6 is 0 Å². The summed E-state index contributed by atoms with van der Waals surface area (Å²) >= 11 is 0. The van der Waals surface area contributed by atoms with Gasteiger partial charge in [-0.05, 0) is 20.8 Å². The van der Waals surface area contributed by atoms with Crippen molar-refractivity contribution >= 4 is 0 Å². The highest BCUT2D eigenvalue weighted by Crippen LogP contribution is 2.33. The topological polar surface area (TPSA) is 12.5 Å². The summed E-state index contributed by atoms with van der Waals surface area (Å²) in [5.74, 6) is 0. The molecular formula is C5H9O. The summed E-state index contributed by atoms with van der Waals surface area (Å²) in [6, 6.07) is 0.